The smallest absolute Gasteiger partial charge is 0.240 e. The maximum absolute atomic E-state index is 12.6. The van der Waals surface area contributed by atoms with Crippen molar-refractivity contribution in [3.05, 3.63) is 24.3 Å². The van der Waals surface area contributed by atoms with Gasteiger partial charge in [-0.15, -0.1) is 0 Å². The molecule has 1 saturated carbocycles. The molecule has 1 saturated heterocycles. The third-order valence-corrected chi connectivity index (χ3v) is 6.40. The highest BCUT2D eigenvalue weighted by molar-refractivity contribution is 7.91. The zero-order chi connectivity index (χ0) is 18.9. The molecule has 1 aliphatic carbocycles. The molecule has 1 aromatic carbocycles. The average Bonchev–Trinajstić information content (AvgIpc) is 3.28. The summed E-state index contributed by atoms with van der Waals surface area (Å²) in [6.07, 6.45) is 1.23. The SMILES string of the molecule is CC(=O)Nc1cccc(NC(=O)C2(C(=O)NC3CCS(=O)(=O)C3)CC2)c1. The van der Waals surface area contributed by atoms with Gasteiger partial charge in [0.1, 0.15) is 5.41 Å². The first-order valence-electron chi connectivity index (χ1n) is 8.41. The summed E-state index contributed by atoms with van der Waals surface area (Å²) in [5.74, 6) is -1.08. The van der Waals surface area contributed by atoms with Gasteiger partial charge in [0.25, 0.3) is 0 Å². The minimum atomic E-state index is -3.10. The Labute approximate surface area is 151 Å². The van der Waals surface area contributed by atoms with Crippen molar-refractivity contribution in [2.24, 2.45) is 5.41 Å². The second-order valence-corrected chi connectivity index (χ2v) is 9.10. The fourth-order valence-corrected chi connectivity index (χ4v) is 4.72. The summed E-state index contributed by atoms with van der Waals surface area (Å²) in [5.41, 5.74) is -0.124. The Kier molecular flexibility index (Phi) is 4.74. The van der Waals surface area contributed by atoms with Crippen molar-refractivity contribution in [3.63, 3.8) is 0 Å². The average molecular weight is 379 g/mol. The number of hydrogen-bond acceptors (Lipinski definition) is 5. The first-order valence-corrected chi connectivity index (χ1v) is 10.2. The van der Waals surface area contributed by atoms with Gasteiger partial charge in [-0.05, 0) is 37.5 Å². The fraction of sp³-hybridized carbons (Fsp3) is 0.471. The van der Waals surface area contributed by atoms with Crippen molar-refractivity contribution < 1.29 is 22.8 Å². The van der Waals surface area contributed by atoms with Crippen molar-refractivity contribution in [3.8, 4) is 0 Å². The molecular weight excluding hydrogens is 358 g/mol. The summed E-state index contributed by atoms with van der Waals surface area (Å²) < 4.78 is 23.0. The number of carbonyl (C=O) groups excluding carboxylic acids is 3. The van der Waals surface area contributed by atoms with Crippen molar-refractivity contribution >= 4 is 38.9 Å². The summed E-state index contributed by atoms with van der Waals surface area (Å²) in [6.45, 7) is 1.39. The van der Waals surface area contributed by atoms with E-state index in [9.17, 15) is 22.8 Å². The van der Waals surface area contributed by atoms with Gasteiger partial charge in [-0.3, -0.25) is 14.4 Å². The van der Waals surface area contributed by atoms with Gasteiger partial charge < -0.3 is 16.0 Å². The van der Waals surface area contributed by atoms with Crippen molar-refractivity contribution in [2.45, 2.75) is 32.2 Å². The zero-order valence-corrected chi connectivity index (χ0v) is 15.2. The molecule has 1 aliphatic heterocycles. The van der Waals surface area contributed by atoms with Crippen LogP contribution in [0.2, 0.25) is 0 Å². The highest BCUT2D eigenvalue weighted by Crippen LogP contribution is 2.47. The van der Waals surface area contributed by atoms with Crippen LogP contribution in [0.15, 0.2) is 24.3 Å². The van der Waals surface area contributed by atoms with E-state index >= 15 is 0 Å². The molecule has 0 spiro atoms. The van der Waals surface area contributed by atoms with Gasteiger partial charge in [0, 0.05) is 24.3 Å². The molecule has 140 valence electrons. The van der Waals surface area contributed by atoms with E-state index in [1.807, 2.05) is 0 Å². The molecule has 2 fully saturated rings. The highest BCUT2D eigenvalue weighted by Gasteiger charge is 2.57. The summed E-state index contributed by atoms with van der Waals surface area (Å²) in [6, 6.07) is 6.22. The molecule has 1 heterocycles. The Balaban J connectivity index is 1.64. The van der Waals surface area contributed by atoms with E-state index in [4.69, 9.17) is 0 Å². The predicted octanol–water partition coefficient (Wildman–Crippen LogP) is 0.667. The normalized spacial score (nSPS) is 22.3. The van der Waals surface area contributed by atoms with Gasteiger partial charge in [0.05, 0.1) is 11.5 Å². The maximum atomic E-state index is 12.6. The Morgan fingerprint density at radius 2 is 1.73 bits per heavy atom. The van der Waals surface area contributed by atoms with Gasteiger partial charge in [-0.1, -0.05) is 6.07 Å². The molecule has 1 atom stereocenters. The Bertz CT molecular complexity index is 861. The number of rotatable bonds is 5. The molecule has 3 N–H and O–H groups in total. The molecule has 8 nitrogen and oxygen atoms in total. The molecule has 0 radical (unpaired) electrons. The number of hydrogen-bond donors (Lipinski definition) is 3. The summed E-state index contributed by atoms with van der Waals surface area (Å²) in [5, 5.41) is 8.04. The van der Waals surface area contributed by atoms with Gasteiger partial charge in [-0.25, -0.2) is 8.42 Å². The predicted molar refractivity (Wildman–Crippen MR) is 96.2 cm³/mol. The molecule has 0 bridgehead atoms. The summed E-state index contributed by atoms with van der Waals surface area (Å²) in [4.78, 5) is 36.2. The zero-order valence-electron chi connectivity index (χ0n) is 14.4. The minimum Gasteiger partial charge on any atom is -0.351 e. The van der Waals surface area contributed by atoms with E-state index < -0.39 is 33.1 Å². The Hall–Kier alpha value is -2.42. The molecular formula is C17H21N3O5S. The van der Waals surface area contributed by atoms with Gasteiger partial charge in [0.15, 0.2) is 9.84 Å². The lowest BCUT2D eigenvalue weighted by atomic mass is 10.0. The second kappa shape index (κ2) is 6.71. The first kappa shape index (κ1) is 18.4. The third-order valence-electron chi connectivity index (χ3n) is 4.63. The van der Waals surface area contributed by atoms with Gasteiger partial charge in [0.2, 0.25) is 17.7 Å². The monoisotopic (exact) mass is 379 g/mol. The number of sulfone groups is 1. The van der Waals surface area contributed by atoms with E-state index in [-0.39, 0.29) is 17.4 Å². The highest BCUT2D eigenvalue weighted by atomic mass is 32.2. The number of nitrogens with one attached hydrogen (secondary N) is 3. The molecule has 1 unspecified atom stereocenters. The lowest BCUT2D eigenvalue weighted by Crippen LogP contribution is -2.45. The molecule has 26 heavy (non-hydrogen) atoms. The second-order valence-electron chi connectivity index (χ2n) is 6.87. The van der Waals surface area contributed by atoms with Crippen molar-refractivity contribution in [1.82, 2.24) is 5.32 Å². The van der Waals surface area contributed by atoms with Crippen LogP contribution in [0, 0.1) is 5.41 Å². The quantitative estimate of drug-likeness (QED) is 0.649. The fourth-order valence-electron chi connectivity index (χ4n) is 3.04. The molecule has 1 aromatic rings. The van der Waals surface area contributed by atoms with E-state index in [1.165, 1.54) is 6.92 Å². The molecule has 9 heteroatoms. The Morgan fingerprint density at radius 1 is 1.08 bits per heavy atom. The van der Waals surface area contributed by atoms with Crippen LogP contribution in [-0.2, 0) is 24.2 Å². The van der Waals surface area contributed by atoms with Crippen LogP contribution in [0.5, 0.6) is 0 Å². The van der Waals surface area contributed by atoms with Gasteiger partial charge >= 0.3 is 0 Å². The van der Waals surface area contributed by atoms with E-state index in [2.05, 4.69) is 16.0 Å². The van der Waals surface area contributed by atoms with E-state index in [0.29, 0.717) is 30.6 Å². The van der Waals surface area contributed by atoms with Crippen molar-refractivity contribution in [1.29, 1.82) is 0 Å². The van der Waals surface area contributed by atoms with E-state index in [1.54, 1.807) is 24.3 Å². The lowest BCUT2D eigenvalue weighted by molar-refractivity contribution is -0.134. The van der Waals surface area contributed by atoms with Crippen LogP contribution < -0.4 is 16.0 Å². The van der Waals surface area contributed by atoms with Gasteiger partial charge in [-0.2, -0.15) is 0 Å². The lowest BCUT2D eigenvalue weighted by Gasteiger charge is -2.18. The first-order chi connectivity index (χ1) is 12.2. The maximum Gasteiger partial charge on any atom is 0.240 e. The summed E-state index contributed by atoms with van der Waals surface area (Å²) >= 11 is 0. The van der Waals surface area contributed by atoms with Crippen LogP contribution in [0.3, 0.4) is 0 Å². The van der Waals surface area contributed by atoms with Crippen LogP contribution in [0.25, 0.3) is 0 Å². The van der Waals surface area contributed by atoms with E-state index in [0.717, 1.165) is 0 Å². The number of amides is 3. The molecule has 2 aliphatic rings. The minimum absolute atomic E-state index is 0.0626. The topological polar surface area (TPSA) is 121 Å². The largest absolute Gasteiger partial charge is 0.351 e. The van der Waals surface area contributed by atoms with Crippen LogP contribution in [-0.4, -0.2) is 43.7 Å². The Morgan fingerprint density at radius 3 is 2.27 bits per heavy atom. The standard InChI is InChI=1S/C17H21N3O5S/c1-11(21)18-12-3-2-4-13(9-12)19-15(22)17(6-7-17)16(23)20-14-5-8-26(24,25)10-14/h2-4,9,14H,5-8,10H2,1H3,(H,18,21)(H,19,22)(H,20,23). The third kappa shape index (κ3) is 4.04. The molecule has 3 rings (SSSR count). The summed E-state index contributed by atoms with van der Waals surface area (Å²) in [7, 11) is -3.10. The number of benzene rings is 1. The van der Waals surface area contributed by atoms with Crippen molar-refractivity contribution in [2.75, 3.05) is 22.1 Å². The van der Waals surface area contributed by atoms with Crippen LogP contribution in [0.4, 0.5) is 11.4 Å². The van der Waals surface area contributed by atoms with Crippen LogP contribution >= 0.6 is 0 Å². The van der Waals surface area contributed by atoms with Crippen LogP contribution in [0.1, 0.15) is 26.2 Å². The number of carbonyl (C=O) groups is 3. The molecule has 0 aromatic heterocycles. The molecule has 3 amide bonds. The number of anilines is 2.